The lowest BCUT2D eigenvalue weighted by Crippen LogP contribution is -2.51. The Kier molecular flexibility index (Phi) is 8.40. The van der Waals surface area contributed by atoms with Crippen LogP contribution in [-0.4, -0.2) is 79.3 Å². The van der Waals surface area contributed by atoms with Crippen molar-refractivity contribution in [1.82, 2.24) is 9.96 Å². The predicted octanol–water partition coefficient (Wildman–Crippen LogP) is 4.07. The van der Waals surface area contributed by atoms with Gasteiger partial charge in [0.25, 0.3) is 11.8 Å². The Labute approximate surface area is 241 Å². The van der Waals surface area contributed by atoms with Gasteiger partial charge in [-0.3, -0.25) is 14.4 Å². The van der Waals surface area contributed by atoms with Crippen LogP contribution in [0.3, 0.4) is 0 Å². The second-order valence-corrected chi connectivity index (χ2v) is 11.7. The van der Waals surface area contributed by atoms with E-state index in [0.717, 1.165) is 5.69 Å². The molecule has 0 saturated carbocycles. The van der Waals surface area contributed by atoms with Crippen molar-refractivity contribution in [3.63, 3.8) is 0 Å². The summed E-state index contributed by atoms with van der Waals surface area (Å²) >= 11 is 0. The van der Waals surface area contributed by atoms with Gasteiger partial charge in [-0.15, -0.1) is 5.06 Å². The molecule has 2 fully saturated rings. The zero-order valence-corrected chi connectivity index (χ0v) is 24.3. The van der Waals surface area contributed by atoms with Crippen molar-refractivity contribution in [2.75, 3.05) is 44.8 Å². The Bertz CT molecular complexity index is 1270. The van der Waals surface area contributed by atoms with Gasteiger partial charge in [-0.2, -0.15) is 0 Å². The molecule has 0 radical (unpaired) electrons. The molecule has 2 saturated heterocycles. The molecule has 3 heterocycles. The number of ether oxygens (including phenoxy) is 3. The van der Waals surface area contributed by atoms with Crippen LogP contribution in [0.1, 0.15) is 56.8 Å². The number of piperidine rings is 2. The SMILES string of the molecule is COc1cc(ON2CCC(C(=O)OC(C)(C)C)CC2)ccc1C(=O)N1CCC(N2C(=O)COc3ccccc32)CC1. The van der Waals surface area contributed by atoms with Crippen LogP contribution in [0.5, 0.6) is 17.2 Å². The second-order valence-electron chi connectivity index (χ2n) is 11.7. The maximum Gasteiger partial charge on any atom is 0.309 e. The molecule has 0 aliphatic carbocycles. The maximum absolute atomic E-state index is 13.5. The van der Waals surface area contributed by atoms with Gasteiger partial charge in [-0.1, -0.05) is 12.1 Å². The van der Waals surface area contributed by atoms with Crippen molar-refractivity contribution in [2.45, 2.75) is 58.1 Å². The van der Waals surface area contributed by atoms with Gasteiger partial charge >= 0.3 is 5.97 Å². The minimum atomic E-state index is -0.496. The molecule has 10 nitrogen and oxygen atoms in total. The molecule has 2 aromatic rings. The molecule has 5 rings (SSSR count). The van der Waals surface area contributed by atoms with Crippen molar-refractivity contribution in [3.05, 3.63) is 48.0 Å². The molecule has 3 aliphatic heterocycles. The van der Waals surface area contributed by atoms with E-state index in [4.69, 9.17) is 19.0 Å². The number of anilines is 1. The van der Waals surface area contributed by atoms with Crippen molar-refractivity contribution >= 4 is 23.5 Å². The highest BCUT2D eigenvalue weighted by Gasteiger charge is 2.35. The molecule has 41 heavy (non-hydrogen) atoms. The molecule has 2 aromatic carbocycles. The molecule has 0 N–H and O–H groups in total. The topological polar surface area (TPSA) is 97.8 Å². The Morgan fingerprint density at radius 2 is 1.66 bits per heavy atom. The van der Waals surface area contributed by atoms with Gasteiger partial charge < -0.3 is 28.8 Å². The van der Waals surface area contributed by atoms with E-state index in [0.29, 0.717) is 74.7 Å². The van der Waals surface area contributed by atoms with Crippen LogP contribution in [0.4, 0.5) is 5.69 Å². The number of hydrogen-bond donors (Lipinski definition) is 0. The lowest BCUT2D eigenvalue weighted by atomic mass is 9.98. The van der Waals surface area contributed by atoms with Gasteiger partial charge in [0.15, 0.2) is 12.4 Å². The van der Waals surface area contributed by atoms with Gasteiger partial charge in [0.1, 0.15) is 17.1 Å². The second kappa shape index (κ2) is 12.0. The average molecular weight is 566 g/mol. The van der Waals surface area contributed by atoms with Crippen LogP contribution < -0.4 is 19.2 Å². The van der Waals surface area contributed by atoms with Gasteiger partial charge in [-0.25, -0.2) is 0 Å². The minimum absolute atomic E-state index is 0.00808. The lowest BCUT2D eigenvalue weighted by molar-refractivity contribution is -0.165. The lowest BCUT2D eigenvalue weighted by Gasteiger charge is -2.40. The minimum Gasteiger partial charge on any atom is -0.496 e. The molecule has 3 aliphatic rings. The Hall–Kier alpha value is -3.79. The van der Waals surface area contributed by atoms with Crippen molar-refractivity contribution in [1.29, 1.82) is 0 Å². The van der Waals surface area contributed by atoms with Crippen LogP contribution in [0.15, 0.2) is 42.5 Å². The van der Waals surface area contributed by atoms with Crippen molar-refractivity contribution < 1.29 is 33.4 Å². The first-order valence-corrected chi connectivity index (χ1v) is 14.3. The average Bonchev–Trinajstić information content (AvgIpc) is 2.96. The normalized spacial score (nSPS) is 18.9. The summed E-state index contributed by atoms with van der Waals surface area (Å²) in [7, 11) is 1.54. The number of likely N-dealkylation sites (tertiary alicyclic amines) is 1. The molecular weight excluding hydrogens is 526 g/mol. The third-order valence-electron chi connectivity index (χ3n) is 7.69. The van der Waals surface area contributed by atoms with Crippen LogP contribution in [0.2, 0.25) is 0 Å². The number of para-hydroxylation sites is 2. The molecule has 0 atom stereocenters. The molecule has 0 aromatic heterocycles. The number of esters is 1. The number of fused-ring (bicyclic) bond motifs is 1. The van der Waals surface area contributed by atoms with E-state index >= 15 is 0 Å². The zero-order chi connectivity index (χ0) is 29.1. The van der Waals surface area contributed by atoms with Crippen LogP contribution in [0, 0.1) is 5.92 Å². The number of hydroxylamine groups is 2. The molecule has 220 valence electrons. The zero-order valence-electron chi connectivity index (χ0n) is 24.3. The monoisotopic (exact) mass is 565 g/mol. The van der Waals surface area contributed by atoms with E-state index in [1.807, 2.05) is 59.9 Å². The molecular formula is C31H39N3O7. The first kappa shape index (κ1) is 28.7. The van der Waals surface area contributed by atoms with E-state index in [-0.39, 0.29) is 36.4 Å². The predicted molar refractivity (Wildman–Crippen MR) is 152 cm³/mol. The Balaban J connectivity index is 1.17. The van der Waals surface area contributed by atoms with Crippen LogP contribution in [-0.2, 0) is 14.3 Å². The molecule has 2 amide bonds. The number of methoxy groups -OCH3 is 1. The highest BCUT2D eigenvalue weighted by atomic mass is 16.7. The number of hydrogen-bond acceptors (Lipinski definition) is 8. The molecule has 10 heteroatoms. The van der Waals surface area contributed by atoms with Crippen molar-refractivity contribution in [2.24, 2.45) is 5.92 Å². The Morgan fingerprint density at radius 3 is 2.34 bits per heavy atom. The molecule has 0 unspecified atom stereocenters. The number of benzene rings is 2. The summed E-state index contributed by atoms with van der Waals surface area (Å²) in [6.07, 6.45) is 2.66. The highest BCUT2D eigenvalue weighted by molar-refractivity contribution is 5.99. The van der Waals surface area contributed by atoms with E-state index in [1.54, 1.807) is 18.2 Å². The fourth-order valence-corrected chi connectivity index (χ4v) is 5.64. The summed E-state index contributed by atoms with van der Waals surface area (Å²) in [6, 6.07) is 12.8. The summed E-state index contributed by atoms with van der Waals surface area (Å²) in [4.78, 5) is 48.3. The van der Waals surface area contributed by atoms with Gasteiger partial charge in [-0.05, 0) is 70.7 Å². The summed E-state index contributed by atoms with van der Waals surface area (Å²) in [5.41, 5.74) is 0.763. The van der Waals surface area contributed by atoms with E-state index in [2.05, 4.69) is 0 Å². The number of amides is 2. The first-order valence-electron chi connectivity index (χ1n) is 14.3. The van der Waals surface area contributed by atoms with Gasteiger partial charge in [0.05, 0.1) is 24.3 Å². The largest absolute Gasteiger partial charge is 0.496 e. The van der Waals surface area contributed by atoms with Crippen LogP contribution >= 0.6 is 0 Å². The molecule has 0 spiro atoms. The quantitative estimate of drug-likeness (QED) is 0.484. The summed E-state index contributed by atoms with van der Waals surface area (Å²) in [5, 5.41) is 1.83. The number of rotatable bonds is 6. The van der Waals surface area contributed by atoms with E-state index in [9.17, 15) is 14.4 Å². The third-order valence-corrected chi connectivity index (χ3v) is 7.69. The summed E-state index contributed by atoms with van der Waals surface area (Å²) in [6.45, 7) is 7.91. The summed E-state index contributed by atoms with van der Waals surface area (Å²) in [5.74, 6) is 1.26. The summed E-state index contributed by atoms with van der Waals surface area (Å²) < 4.78 is 16.7. The van der Waals surface area contributed by atoms with Gasteiger partial charge in [0.2, 0.25) is 0 Å². The first-order chi connectivity index (χ1) is 19.6. The molecule has 0 bridgehead atoms. The fraction of sp³-hybridized carbons (Fsp3) is 0.516. The van der Waals surface area contributed by atoms with E-state index < -0.39 is 5.60 Å². The third kappa shape index (κ3) is 6.59. The highest BCUT2D eigenvalue weighted by Crippen LogP contribution is 2.36. The number of carbonyl (C=O) groups excluding carboxylic acids is 3. The smallest absolute Gasteiger partial charge is 0.309 e. The van der Waals surface area contributed by atoms with Gasteiger partial charge in [0, 0.05) is 38.3 Å². The van der Waals surface area contributed by atoms with E-state index in [1.165, 1.54) is 7.11 Å². The fourth-order valence-electron chi connectivity index (χ4n) is 5.64. The standard InChI is InChI=1S/C31H39N3O7/c1-31(2,3)40-30(37)21-11-17-33(18-12-21)41-23-9-10-24(27(19-23)38-4)29(36)32-15-13-22(14-16-32)34-25-7-5-6-8-26(25)39-20-28(34)35/h5-10,19,21-22H,11-18,20H2,1-4H3. The number of nitrogens with zero attached hydrogens (tertiary/aromatic N) is 3. The number of carbonyl (C=O) groups is 3. The van der Waals surface area contributed by atoms with Crippen LogP contribution in [0.25, 0.3) is 0 Å². The van der Waals surface area contributed by atoms with Crippen molar-refractivity contribution in [3.8, 4) is 17.2 Å². The Morgan fingerprint density at radius 1 is 0.951 bits per heavy atom. The maximum atomic E-state index is 13.5.